The van der Waals surface area contributed by atoms with E-state index >= 15 is 0 Å². The lowest BCUT2D eigenvalue weighted by Gasteiger charge is -2.27. The molecule has 59 heavy (non-hydrogen) atoms. The van der Waals surface area contributed by atoms with Crippen LogP contribution in [-0.2, 0) is 0 Å². The second-order valence-electron chi connectivity index (χ2n) is 15.6. The summed E-state index contributed by atoms with van der Waals surface area (Å²) in [4.78, 5) is 2.42. The summed E-state index contributed by atoms with van der Waals surface area (Å²) in [6.07, 6.45) is 0. The summed E-state index contributed by atoms with van der Waals surface area (Å²) in [5.74, 6) is 0. The van der Waals surface area contributed by atoms with Gasteiger partial charge in [0.1, 0.15) is 0 Å². The van der Waals surface area contributed by atoms with Crippen LogP contribution in [-0.4, -0.2) is 0 Å². The van der Waals surface area contributed by atoms with E-state index in [4.69, 9.17) is 0 Å². The van der Waals surface area contributed by atoms with Crippen molar-refractivity contribution in [2.75, 3.05) is 4.90 Å². The predicted octanol–water partition coefficient (Wildman–Crippen LogP) is 16.6. The molecule has 12 aromatic rings. The van der Waals surface area contributed by atoms with Gasteiger partial charge in [-0.15, -0.1) is 0 Å². The van der Waals surface area contributed by atoms with Crippen molar-refractivity contribution in [2.24, 2.45) is 0 Å². The Morgan fingerprint density at radius 1 is 0.203 bits per heavy atom. The van der Waals surface area contributed by atoms with Gasteiger partial charge in [0, 0.05) is 17.1 Å². The molecule has 0 amide bonds. The number of benzene rings is 12. The normalized spacial score (nSPS) is 11.7. The van der Waals surface area contributed by atoms with Crippen LogP contribution in [0, 0.1) is 0 Å². The van der Waals surface area contributed by atoms with E-state index in [1.54, 1.807) is 0 Å². The van der Waals surface area contributed by atoms with Crippen molar-refractivity contribution in [3.63, 3.8) is 0 Å². The Hall–Kier alpha value is -7.74. The smallest absolute Gasteiger partial charge is 0.0468 e. The van der Waals surface area contributed by atoms with E-state index in [-0.39, 0.29) is 0 Å². The average Bonchev–Trinajstić information content (AvgIpc) is 3.32. The highest BCUT2D eigenvalue weighted by atomic mass is 15.1. The van der Waals surface area contributed by atoms with Crippen LogP contribution in [0.25, 0.3) is 97.7 Å². The molecule has 0 heterocycles. The quantitative estimate of drug-likeness (QED) is 0.159. The van der Waals surface area contributed by atoms with Gasteiger partial charge in [0.05, 0.1) is 0 Å². The molecule has 12 rings (SSSR count). The van der Waals surface area contributed by atoms with Gasteiger partial charge in [-0.1, -0.05) is 182 Å². The summed E-state index contributed by atoms with van der Waals surface area (Å²) in [7, 11) is 0. The van der Waals surface area contributed by atoms with Gasteiger partial charge in [0.25, 0.3) is 0 Å². The first-order chi connectivity index (χ1) is 29.3. The van der Waals surface area contributed by atoms with E-state index in [1.807, 2.05) is 0 Å². The molecule has 0 spiro atoms. The van der Waals surface area contributed by atoms with E-state index < -0.39 is 0 Å². The third-order valence-corrected chi connectivity index (χ3v) is 12.4. The summed E-state index contributed by atoms with van der Waals surface area (Å²) in [5, 5.41) is 17.8. The van der Waals surface area contributed by atoms with Crippen LogP contribution in [0.5, 0.6) is 0 Å². The fourth-order valence-electron chi connectivity index (χ4n) is 9.66. The number of rotatable bonds is 5. The molecule has 0 aliphatic heterocycles. The average molecular weight is 748 g/mol. The van der Waals surface area contributed by atoms with Gasteiger partial charge in [-0.05, 0) is 140 Å². The molecule has 1 nitrogen and oxygen atoms in total. The predicted molar refractivity (Wildman–Crippen MR) is 255 cm³/mol. The maximum Gasteiger partial charge on any atom is 0.0468 e. The summed E-state index contributed by atoms with van der Waals surface area (Å²) >= 11 is 0. The lowest BCUT2D eigenvalue weighted by molar-refractivity contribution is 1.29. The fourth-order valence-corrected chi connectivity index (χ4v) is 9.66. The maximum absolute atomic E-state index is 2.42. The molecule has 1 heteroatoms. The minimum absolute atomic E-state index is 1.10. The molecule has 0 saturated carbocycles. The Kier molecular flexibility index (Phi) is 7.61. The fraction of sp³-hybridized carbons (Fsp3) is 0. The Morgan fingerprint density at radius 3 is 1.20 bits per heavy atom. The van der Waals surface area contributed by atoms with Crippen molar-refractivity contribution in [2.45, 2.75) is 0 Å². The zero-order chi connectivity index (χ0) is 38.9. The molecule has 0 aliphatic rings. The van der Waals surface area contributed by atoms with Gasteiger partial charge in [0.15, 0.2) is 0 Å². The zero-order valence-corrected chi connectivity index (χ0v) is 32.3. The molecule has 0 unspecified atom stereocenters. The molecule has 274 valence electrons. The molecule has 0 aromatic heterocycles. The first kappa shape index (κ1) is 33.4. The Labute approximate surface area is 342 Å². The first-order valence-corrected chi connectivity index (χ1v) is 20.4. The van der Waals surface area contributed by atoms with Crippen LogP contribution in [0.15, 0.2) is 224 Å². The third-order valence-electron chi connectivity index (χ3n) is 12.4. The second kappa shape index (κ2) is 13.4. The Balaban J connectivity index is 1.04. The topological polar surface area (TPSA) is 3.24 Å². The zero-order valence-electron chi connectivity index (χ0n) is 32.3. The molecule has 0 saturated heterocycles. The van der Waals surface area contributed by atoms with Gasteiger partial charge < -0.3 is 4.90 Å². The van der Waals surface area contributed by atoms with Crippen molar-refractivity contribution in [3.8, 4) is 22.3 Å². The molecular formula is C58H37N. The van der Waals surface area contributed by atoms with Crippen LogP contribution in [0.1, 0.15) is 0 Å². The molecule has 12 aromatic carbocycles. The van der Waals surface area contributed by atoms with Gasteiger partial charge in [-0.2, -0.15) is 0 Å². The molecule has 0 radical (unpaired) electrons. The number of hydrogen-bond donors (Lipinski definition) is 0. The Morgan fingerprint density at radius 2 is 0.610 bits per heavy atom. The molecule has 0 aliphatic carbocycles. The molecule has 0 N–H and O–H groups in total. The standard InChI is InChI=1S/C58H37N/c1-2-17-45-39(13-1)14-12-26-46(45)41-15-11-16-43(35-41)59(44-32-34-56-52-23-6-4-19-48(52)50-21-8-10-25-54(50)58(56)37-44)42-30-27-38(28-31-42)40-29-33-55-51-22-5-3-18-47(51)49-20-7-9-24-53(49)57(55)36-40/h1-37H. The highest BCUT2D eigenvalue weighted by Crippen LogP contribution is 2.43. The monoisotopic (exact) mass is 747 g/mol. The van der Waals surface area contributed by atoms with Crippen molar-refractivity contribution in [1.82, 2.24) is 0 Å². The second-order valence-corrected chi connectivity index (χ2v) is 15.6. The molecular weight excluding hydrogens is 711 g/mol. The van der Waals surface area contributed by atoms with Gasteiger partial charge in [-0.25, -0.2) is 0 Å². The summed E-state index contributed by atoms with van der Waals surface area (Å²) in [6.45, 7) is 0. The third kappa shape index (κ3) is 5.40. The lowest BCUT2D eigenvalue weighted by Crippen LogP contribution is -2.10. The summed E-state index contributed by atoms with van der Waals surface area (Å²) < 4.78 is 0. The van der Waals surface area contributed by atoms with E-state index in [2.05, 4.69) is 229 Å². The van der Waals surface area contributed by atoms with Crippen molar-refractivity contribution < 1.29 is 0 Å². The van der Waals surface area contributed by atoms with E-state index in [1.165, 1.54) is 97.7 Å². The van der Waals surface area contributed by atoms with Crippen LogP contribution >= 0.6 is 0 Å². The van der Waals surface area contributed by atoms with Crippen molar-refractivity contribution in [1.29, 1.82) is 0 Å². The lowest BCUT2D eigenvalue weighted by atomic mass is 9.92. The molecule has 0 atom stereocenters. The van der Waals surface area contributed by atoms with Gasteiger partial charge in [-0.3, -0.25) is 0 Å². The van der Waals surface area contributed by atoms with Gasteiger partial charge >= 0.3 is 0 Å². The van der Waals surface area contributed by atoms with Crippen LogP contribution in [0.4, 0.5) is 17.1 Å². The SMILES string of the molecule is c1cc(-c2cccc3ccccc23)cc(N(c2ccc(-c3ccc4c5ccccc5c5ccccc5c4c3)cc2)c2ccc3c4ccccc4c4ccccc4c3c2)c1. The van der Waals surface area contributed by atoms with Crippen molar-refractivity contribution >= 4 is 92.5 Å². The molecule has 0 bridgehead atoms. The number of hydrogen-bond acceptors (Lipinski definition) is 1. The largest absolute Gasteiger partial charge is 0.310 e. The Bertz CT molecular complexity index is 3540. The minimum atomic E-state index is 1.10. The minimum Gasteiger partial charge on any atom is -0.310 e. The van der Waals surface area contributed by atoms with E-state index in [0.29, 0.717) is 0 Å². The van der Waals surface area contributed by atoms with Gasteiger partial charge in [0.2, 0.25) is 0 Å². The summed E-state index contributed by atoms with van der Waals surface area (Å²) in [6, 6.07) is 82.6. The summed E-state index contributed by atoms with van der Waals surface area (Å²) in [5.41, 5.74) is 8.14. The highest BCUT2D eigenvalue weighted by molar-refractivity contribution is 6.27. The van der Waals surface area contributed by atoms with E-state index in [9.17, 15) is 0 Å². The van der Waals surface area contributed by atoms with Crippen LogP contribution in [0.2, 0.25) is 0 Å². The van der Waals surface area contributed by atoms with Crippen molar-refractivity contribution in [3.05, 3.63) is 224 Å². The number of fused-ring (bicyclic) bond motifs is 13. The first-order valence-electron chi connectivity index (χ1n) is 20.4. The van der Waals surface area contributed by atoms with Crippen LogP contribution in [0.3, 0.4) is 0 Å². The van der Waals surface area contributed by atoms with Crippen LogP contribution < -0.4 is 4.90 Å². The van der Waals surface area contributed by atoms with E-state index in [0.717, 1.165) is 17.1 Å². The number of anilines is 3. The molecule has 0 fully saturated rings. The number of nitrogens with zero attached hydrogens (tertiary/aromatic N) is 1. The maximum atomic E-state index is 2.42. The highest BCUT2D eigenvalue weighted by Gasteiger charge is 2.18.